The summed E-state index contributed by atoms with van der Waals surface area (Å²) >= 11 is 0. The van der Waals surface area contributed by atoms with E-state index >= 15 is 0 Å². The number of hydrogen-bond acceptors (Lipinski definition) is 4. The van der Waals surface area contributed by atoms with Crippen LogP contribution in [0.3, 0.4) is 0 Å². The lowest BCUT2D eigenvalue weighted by atomic mass is 9.91. The average Bonchev–Trinajstić information content (AvgIpc) is 2.31. The van der Waals surface area contributed by atoms with Crippen LogP contribution in [-0.4, -0.2) is 34.0 Å². The van der Waals surface area contributed by atoms with Gasteiger partial charge in [0.15, 0.2) is 0 Å². The maximum Gasteiger partial charge on any atom is 0.0726 e. The molecule has 2 heterocycles. The minimum atomic E-state index is 0.332. The number of nitrogens with zero attached hydrogens (tertiary/aromatic N) is 3. The quantitative estimate of drug-likeness (QED) is 0.827. The Hall–Kier alpha value is -1.00. The van der Waals surface area contributed by atoms with Gasteiger partial charge in [0.05, 0.1) is 5.69 Å². The lowest BCUT2D eigenvalue weighted by Crippen LogP contribution is -2.39. The highest BCUT2D eigenvalue weighted by atomic mass is 15.1. The number of hydrogen-bond donors (Lipinski definition) is 1. The summed E-state index contributed by atoms with van der Waals surface area (Å²) in [6.45, 7) is 5.29. The van der Waals surface area contributed by atoms with Crippen LogP contribution in [-0.2, 0) is 6.54 Å². The monoisotopic (exact) mass is 220 g/mol. The molecule has 0 radical (unpaired) electrons. The van der Waals surface area contributed by atoms with Crippen molar-refractivity contribution in [3.63, 3.8) is 0 Å². The molecule has 4 nitrogen and oxygen atoms in total. The molecule has 1 aromatic rings. The summed E-state index contributed by atoms with van der Waals surface area (Å²) in [4.78, 5) is 10.8. The van der Waals surface area contributed by atoms with Crippen molar-refractivity contribution in [1.82, 2.24) is 14.9 Å². The summed E-state index contributed by atoms with van der Waals surface area (Å²) < 4.78 is 0. The first kappa shape index (κ1) is 11.5. The molecule has 0 amide bonds. The standard InChI is InChI=1S/C12H20N4/c1-10(13)11-2-6-16(7-3-11)9-12-8-14-4-5-15-12/h4-5,8,10-11H,2-3,6-7,9,13H2,1H3. The number of nitrogens with two attached hydrogens (primary N) is 1. The molecule has 88 valence electrons. The Balaban J connectivity index is 1.82. The van der Waals surface area contributed by atoms with E-state index in [9.17, 15) is 0 Å². The zero-order valence-corrected chi connectivity index (χ0v) is 9.84. The van der Waals surface area contributed by atoms with Crippen molar-refractivity contribution in [3.05, 3.63) is 24.3 Å². The Morgan fingerprint density at radius 3 is 2.75 bits per heavy atom. The molecule has 1 fully saturated rings. The summed E-state index contributed by atoms with van der Waals surface area (Å²) in [5.74, 6) is 0.693. The van der Waals surface area contributed by atoms with Gasteiger partial charge in [0, 0.05) is 31.2 Å². The highest BCUT2D eigenvalue weighted by Gasteiger charge is 2.21. The van der Waals surface area contributed by atoms with E-state index in [1.807, 2.05) is 6.20 Å². The molecule has 1 saturated heterocycles. The summed E-state index contributed by atoms with van der Waals surface area (Å²) in [5, 5.41) is 0. The molecular formula is C12H20N4. The topological polar surface area (TPSA) is 55.0 Å². The van der Waals surface area contributed by atoms with Crippen molar-refractivity contribution >= 4 is 0 Å². The van der Waals surface area contributed by atoms with Gasteiger partial charge in [-0.1, -0.05) is 0 Å². The molecule has 0 aliphatic carbocycles. The van der Waals surface area contributed by atoms with Crippen LogP contribution in [0.15, 0.2) is 18.6 Å². The van der Waals surface area contributed by atoms with Gasteiger partial charge < -0.3 is 5.73 Å². The summed E-state index contributed by atoms with van der Waals surface area (Å²) in [5.41, 5.74) is 6.98. The van der Waals surface area contributed by atoms with Crippen molar-refractivity contribution in [2.45, 2.75) is 32.4 Å². The molecule has 0 saturated carbocycles. The van der Waals surface area contributed by atoms with E-state index in [4.69, 9.17) is 5.73 Å². The number of rotatable bonds is 3. The molecule has 1 unspecified atom stereocenters. The molecule has 1 aliphatic rings. The Morgan fingerprint density at radius 2 is 2.19 bits per heavy atom. The van der Waals surface area contributed by atoms with Crippen molar-refractivity contribution < 1.29 is 0 Å². The second-order valence-electron chi connectivity index (χ2n) is 4.67. The van der Waals surface area contributed by atoms with Crippen LogP contribution in [0.25, 0.3) is 0 Å². The number of likely N-dealkylation sites (tertiary alicyclic amines) is 1. The molecule has 2 N–H and O–H groups in total. The average molecular weight is 220 g/mol. The largest absolute Gasteiger partial charge is 0.328 e. The van der Waals surface area contributed by atoms with Crippen LogP contribution in [0, 0.1) is 5.92 Å². The molecule has 0 aromatic carbocycles. The lowest BCUT2D eigenvalue weighted by Gasteiger charge is -2.33. The van der Waals surface area contributed by atoms with Crippen molar-refractivity contribution in [2.75, 3.05) is 13.1 Å². The van der Waals surface area contributed by atoms with Crippen LogP contribution < -0.4 is 5.73 Å². The maximum atomic E-state index is 5.92. The zero-order chi connectivity index (χ0) is 11.4. The second kappa shape index (κ2) is 5.37. The van der Waals surface area contributed by atoms with E-state index < -0.39 is 0 Å². The van der Waals surface area contributed by atoms with Gasteiger partial charge in [0.25, 0.3) is 0 Å². The van der Waals surface area contributed by atoms with E-state index in [1.54, 1.807) is 12.4 Å². The van der Waals surface area contributed by atoms with Crippen molar-refractivity contribution in [3.8, 4) is 0 Å². The molecule has 0 spiro atoms. The van der Waals surface area contributed by atoms with Crippen LogP contribution in [0.1, 0.15) is 25.5 Å². The highest BCUT2D eigenvalue weighted by Crippen LogP contribution is 2.20. The summed E-state index contributed by atoms with van der Waals surface area (Å²) in [6.07, 6.45) is 7.73. The first-order valence-corrected chi connectivity index (χ1v) is 5.98. The maximum absolute atomic E-state index is 5.92. The van der Waals surface area contributed by atoms with E-state index in [-0.39, 0.29) is 0 Å². The van der Waals surface area contributed by atoms with E-state index in [0.29, 0.717) is 12.0 Å². The van der Waals surface area contributed by atoms with Crippen LogP contribution in [0.2, 0.25) is 0 Å². The van der Waals surface area contributed by atoms with E-state index in [2.05, 4.69) is 21.8 Å². The van der Waals surface area contributed by atoms with E-state index in [1.165, 1.54) is 12.8 Å². The van der Waals surface area contributed by atoms with Gasteiger partial charge in [-0.3, -0.25) is 14.9 Å². The fraction of sp³-hybridized carbons (Fsp3) is 0.667. The van der Waals surface area contributed by atoms with Crippen molar-refractivity contribution in [2.24, 2.45) is 11.7 Å². The first-order chi connectivity index (χ1) is 7.75. The fourth-order valence-corrected chi connectivity index (χ4v) is 2.28. The molecule has 1 atom stereocenters. The normalized spacial score (nSPS) is 20.9. The molecule has 1 aromatic heterocycles. The minimum absolute atomic E-state index is 0.332. The third-order valence-electron chi connectivity index (χ3n) is 3.38. The predicted octanol–water partition coefficient (Wildman–Crippen LogP) is 1.04. The molecular weight excluding hydrogens is 200 g/mol. The Bertz CT molecular complexity index is 304. The molecule has 0 bridgehead atoms. The molecule has 16 heavy (non-hydrogen) atoms. The van der Waals surface area contributed by atoms with Gasteiger partial charge in [-0.2, -0.15) is 0 Å². The Labute approximate surface area is 96.9 Å². The van der Waals surface area contributed by atoms with Gasteiger partial charge in [0.1, 0.15) is 0 Å². The van der Waals surface area contributed by atoms with E-state index in [0.717, 1.165) is 25.3 Å². The zero-order valence-electron chi connectivity index (χ0n) is 9.84. The smallest absolute Gasteiger partial charge is 0.0726 e. The number of piperidine rings is 1. The molecule has 1 aliphatic heterocycles. The van der Waals surface area contributed by atoms with Gasteiger partial charge in [-0.15, -0.1) is 0 Å². The predicted molar refractivity (Wildman–Crippen MR) is 63.7 cm³/mol. The third-order valence-corrected chi connectivity index (χ3v) is 3.38. The van der Waals surface area contributed by atoms with Crippen molar-refractivity contribution in [1.29, 1.82) is 0 Å². The summed E-state index contributed by atoms with van der Waals surface area (Å²) in [7, 11) is 0. The summed E-state index contributed by atoms with van der Waals surface area (Å²) in [6, 6.07) is 0.332. The Morgan fingerprint density at radius 1 is 1.44 bits per heavy atom. The first-order valence-electron chi connectivity index (χ1n) is 5.98. The molecule has 2 rings (SSSR count). The van der Waals surface area contributed by atoms with Crippen LogP contribution in [0.4, 0.5) is 0 Å². The second-order valence-corrected chi connectivity index (χ2v) is 4.67. The fourth-order valence-electron chi connectivity index (χ4n) is 2.28. The van der Waals surface area contributed by atoms with Crippen LogP contribution in [0.5, 0.6) is 0 Å². The van der Waals surface area contributed by atoms with Gasteiger partial charge in [-0.05, 0) is 38.8 Å². The van der Waals surface area contributed by atoms with Gasteiger partial charge >= 0.3 is 0 Å². The van der Waals surface area contributed by atoms with Gasteiger partial charge in [0.2, 0.25) is 0 Å². The minimum Gasteiger partial charge on any atom is -0.328 e. The molecule has 4 heteroatoms. The Kier molecular flexibility index (Phi) is 3.85. The van der Waals surface area contributed by atoms with Crippen LogP contribution >= 0.6 is 0 Å². The third kappa shape index (κ3) is 3.00. The lowest BCUT2D eigenvalue weighted by molar-refractivity contribution is 0.164. The van der Waals surface area contributed by atoms with Gasteiger partial charge in [-0.25, -0.2) is 0 Å². The SMILES string of the molecule is CC(N)C1CCN(Cc2cnccn2)CC1. The highest BCUT2D eigenvalue weighted by molar-refractivity contribution is 4.95. The number of aromatic nitrogens is 2.